The van der Waals surface area contributed by atoms with Crippen LogP contribution in [0.25, 0.3) is 11.1 Å². The van der Waals surface area contributed by atoms with Crippen molar-refractivity contribution < 1.29 is 0 Å². The Morgan fingerprint density at radius 2 is 1.83 bits per heavy atom. The Hall–Kier alpha value is -1.31. The van der Waals surface area contributed by atoms with Crippen LogP contribution in [0.5, 0.6) is 0 Å². The van der Waals surface area contributed by atoms with Gasteiger partial charge in [0.1, 0.15) is 0 Å². The zero-order valence-electron chi connectivity index (χ0n) is 10.4. The predicted octanol–water partition coefficient (Wildman–Crippen LogP) is 4.08. The van der Waals surface area contributed by atoms with E-state index in [2.05, 4.69) is 41.7 Å². The number of benzene rings is 2. The quantitative estimate of drug-likeness (QED) is 0.874. The van der Waals surface area contributed by atoms with E-state index in [0.29, 0.717) is 12.0 Å². The molecule has 2 aromatic rings. The first-order valence-corrected chi connectivity index (χ1v) is 6.69. The molecule has 0 aromatic heterocycles. The molecule has 1 aliphatic rings. The van der Waals surface area contributed by atoms with Crippen molar-refractivity contribution in [3.8, 4) is 11.1 Å². The molecule has 18 heavy (non-hydrogen) atoms. The Morgan fingerprint density at radius 3 is 2.50 bits per heavy atom. The van der Waals surface area contributed by atoms with Gasteiger partial charge in [-0.05, 0) is 42.3 Å². The van der Waals surface area contributed by atoms with Gasteiger partial charge in [0, 0.05) is 17.0 Å². The van der Waals surface area contributed by atoms with Crippen LogP contribution in [0.15, 0.2) is 48.5 Å². The van der Waals surface area contributed by atoms with E-state index in [-0.39, 0.29) is 0 Å². The molecule has 0 bridgehead atoms. The monoisotopic (exact) mass is 257 g/mol. The highest BCUT2D eigenvalue weighted by molar-refractivity contribution is 6.30. The number of hydrogen-bond donors (Lipinski definition) is 1. The molecule has 0 heterocycles. The molecule has 92 valence electrons. The molecule has 0 saturated heterocycles. The van der Waals surface area contributed by atoms with E-state index in [9.17, 15) is 0 Å². The summed E-state index contributed by atoms with van der Waals surface area (Å²) in [7, 11) is 2.04. The zero-order valence-corrected chi connectivity index (χ0v) is 11.1. The molecule has 0 aliphatic heterocycles. The summed E-state index contributed by atoms with van der Waals surface area (Å²) in [5, 5.41) is 4.12. The fourth-order valence-corrected chi connectivity index (χ4v) is 2.60. The van der Waals surface area contributed by atoms with Gasteiger partial charge in [-0.2, -0.15) is 0 Å². The van der Waals surface area contributed by atoms with Crippen LogP contribution in [0.2, 0.25) is 5.02 Å². The van der Waals surface area contributed by atoms with Crippen LogP contribution < -0.4 is 5.32 Å². The van der Waals surface area contributed by atoms with E-state index in [1.54, 1.807) is 0 Å². The fourth-order valence-electron chi connectivity index (χ4n) is 2.47. The van der Waals surface area contributed by atoms with Gasteiger partial charge >= 0.3 is 0 Å². The van der Waals surface area contributed by atoms with Gasteiger partial charge in [-0.1, -0.05) is 48.0 Å². The third-order valence-electron chi connectivity index (χ3n) is 3.65. The molecule has 2 aromatic carbocycles. The summed E-state index contributed by atoms with van der Waals surface area (Å²) in [5.41, 5.74) is 3.93. The van der Waals surface area contributed by atoms with E-state index >= 15 is 0 Å². The lowest BCUT2D eigenvalue weighted by atomic mass is 10.0. The van der Waals surface area contributed by atoms with E-state index < -0.39 is 0 Å². The highest BCUT2D eigenvalue weighted by atomic mass is 35.5. The summed E-state index contributed by atoms with van der Waals surface area (Å²) in [6.45, 7) is 0. The van der Waals surface area contributed by atoms with Crippen molar-refractivity contribution in [2.75, 3.05) is 7.05 Å². The van der Waals surface area contributed by atoms with E-state index in [1.165, 1.54) is 23.1 Å². The summed E-state index contributed by atoms with van der Waals surface area (Å²) in [5.74, 6) is 0.683. The van der Waals surface area contributed by atoms with Crippen LogP contribution in [0.1, 0.15) is 17.9 Å². The van der Waals surface area contributed by atoms with Crippen LogP contribution in [0.3, 0.4) is 0 Å². The third kappa shape index (κ3) is 2.29. The molecule has 3 rings (SSSR count). The lowest BCUT2D eigenvalue weighted by Gasteiger charge is -2.05. The maximum Gasteiger partial charge on any atom is 0.0406 e. The summed E-state index contributed by atoms with van der Waals surface area (Å²) in [6.07, 6.45) is 1.25. The molecule has 2 atom stereocenters. The second kappa shape index (κ2) is 4.75. The molecular formula is C16H16ClN. The van der Waals surface area contributed by atoms with Crippen LogP contribution in [0, 0.1) is 0 Å². The minimum atomic E-state index is 0.658. The average molecular weight is 258 g/mol. The fraction of sp³-hybridized carbons (Fsp3) is 0.250. The number of nitrogens with one attached hydrogen (secondary N) is 1. The first kappa shape index (κ1) is 11.8. The second-order valence-electron chi connectivity index (χ2n) is 4.87. The molecule has 2 heteroatoms. The SMILES string of the molecule is CNC1CC1c1cccc(-c2ccc(Cl)cc2)c1. The summed E-state index contributed by atoms with van der Waals surface area (Å²) < 4.78 is 0. The smallest absolute Gasteiger partial charge is 0.0406 e. The van der Waals surface area contributed by atoms with Crippen molar-refractivity contribution >= 4 is 11.6 Å². The van der Waals surface area contributed by atoms with E-state index in [0.717, 1.165) is 5.02 Å². The van der Waals surface area contributed by atoms with Gasteiger partial charge in [-0.15, -0.1) is 0 Å². The summed E-state index contributed by atoms with van der Waals surface area (Å²) in [6, 6.07) is 17.5. The van der Waals surface area contributed by atoms with Gasteiger partial charge in [-0.25, -0.2) is 0 Å². The van der Waals surface area contributed by atoms with E-state index in [4.69, 9.17) is 11.6 Å². The van der Waals surface area contributed by atoms with Crippen LogP contribution in [-0.2, 0) is 0 Å². The second-order valence-corrected chi connectivity index (χ2v) is 5.31. The summed E-state index contributed by atoms with van der Waals surface area (Å²) >= 11 is 5.92. The van der Waals surface area contributed by atoms with Gasteiger partial charge in [0.2, 0.25) is 0 Å². The Kier molecular flexibility index (Phi) is 3.11. The first-order valence-electron chi connectivity index (χ1n) is 6.31. The maximum atomic E-state index is 5.92. The number of likely N-dealkylation sites (N-methyl/N-ethyl adjacent to an activating group) is 1. The van der Waals surface area contributed by atoms with Crippen molar-refractivity contribution in [1.29, 1.82) is 0 Å². The Balaban J connectivity index is 1.89. The largest absolute Gasteiger partial charge is 0.316 e. The molecular weight excluding hydrogens is 242 g/mol. The molecule has 1 saturated carbocycles. The third-order valence-corrected chi connectivity index (χ3v) is 3.91. The highest BCUT2D eigenvalue weighted by Crippen LogP contribution is 2.41. The minimum Gasteiger partial charge on any atom is -0.316 e. The standard InChI is InChI=1S/C16H16ClN/c1-18-16-10-15(16)13-4-2-3-12(9-13)11-5-7-14(17)8-6-11/h2-9,15-16,18H,10H2,1H3. The molecule has 2 unspecified atom stereocenters. The molecule has 0 radical (unpaired) electrons. The number of halogens is 1. The predicted molar refractivity (Wildman–Crippen MR) is 77.1 cm³/mol. The molecule has 1 aliphatic carbocycles. The molecule has 0 spiro atoms. The normalized spacial score (nSPS) is 21.9. The van der Waals surface area contributed by atoms with Crippen LogP contribution in [0.4, 0.5) is 0 Å². The first-order chi connectivity index (χ1) is 8.78. The number of hydrogen-bond acceptors (Lipinski definition) is 1. The number of rotatable bonds is 3. The Morgan fingerprint density at radius 1 is 1.06 bits per heavy atom. The van der Waals surface area contributed by atoms with E-state index in [1.807, 2.05) is 19.2 Å². The topological polar surface area (TPSA) is 12.0 Å². The van der Waals surface area contributed by atoms with Gasteiger partial charge in [0.05, 0.1) is 0 Å². The van der Waals surface area contributed by atoms with Crippen molar-refractivity contribution in [1.82, 2.24) is 5.32 Å². The molecule has 0 amide bonds. The lowest BCUT2D eigenvalue weighted by molar-refractivity contribution is 0.784. The Bertz CT molecular complexity index is 547. The van der Waals surface area contributed by atoms with Crippen molar-refractivity contribution in [3.63, 3.8) is 0 Å². The molecule has 1 fully saturated rings. The maximum absolute atomic E-state index is 5.92. The average Bonchev–Trinajstić information content (AvgIpc) is 3.19. The Labute approximate surface area is 113 Å². The van der Waals surface area contributed by atoms with Gasteiger partial charge in [0.15, 0.2) is 0 Å². The molecule has 1 N–H and O–H groups in total. The highest BCUT2D eigenvalue weighted by Gasteiger charge is 2.36. The van der Waals surface area contributed by atoms with Crippen molar-refractivity contribution in [2.45, 2.75) is 18.4 Å². The lowest BCUT2D eigenvalue weighted by Crippen LogP contribution is -2.10. The van der Waals surface area contributed by atoms with Gasteiger partial charge in [-0.3, -0.25) is 0 Å². The van der Waals surface area contributed by atoms with Crippen LogP contribution in [-0.4, -0.2) is 13.1 Å². The van der Waals surface area contributed by atoms with Gasteiger partial charge < -0.3 is 5.32 Å². The molecule has 1 nitrogen and oxygen atoms in total. The minimum absolute atomic E-state index is 0.658. The zero-order chi connectivity index (χ0) is 12.5. The van der Waals surface area contributed by atoms with Crippen molar-refractivity contribution in [3.05, 3.63) is 59.1 Å². The van der Waals surface area contributed by atoms with Crippen molar-refractivity contribution in [2.24, 2.45) is 0 Å². The van der Waals surface area contributed by atoms with Crippen LogP contribution >= 0.6 is 11.6 Å². The summed E-state index contributed by atoms with van der Waals surface area (Å²) in [4.78, 5) is 0. The van der Waals surface area contributed by atoms with Gasteiger partial charge in [0.25, 0.3) is 0 Å².